The summed E-state index contributed by atoms with van der Waals surface area (Å²) in [6.45, 7) is 1.82. The predicted molar refractivity (Wildman–Crippen MR) is 172 cm³/mol. The van der Waals surface area contributed by atoms with E-state index in [2.05, 4.69) is 36.0 Å². The van der Waals surface area contributed by atoms with Crippen LogP contribution in [-0.4, -0.2) is 76.3 Å². The third-order valence-electron chi connectivity index (χ3n) is 9.42. The van der Waals surface area contributed by atoms with Gasteiger partial charge in [-0.05, 0) is 56.0 Å². The second kappa shape index (κ2) is 10.8. The van der Waals surface area contributed by atoms with Gasteiger partial charge in [-0.2, -0.15) is 5.10 Å². The molecule has 2 fully saturated rings. The quantitative estimate of drug-likeness (QED) is 0.292. The largest absolute Gasteiger partial charge is 0.365 e. The Labute approximate surface area is 267 Å². The molecular weight excluding hydrogens is 602 g/mol. The highest BCUT2D eigenvalue weighted by atomic mass is 19.1. The second-order valence-electron chi connectivity index (χ2n) is 12.5. The standard InChI is InChI=1S/C34H30F2N10O/c35-20-8-11-28(25(36)14-20)46-33-24(16-40-46)32(37-18-38-33)45-17-21-15-29(45)34(47)44(22-9-10-22)13-3-12-43-19-39-27-6-1-4-23(31(27)43)26-5-2-7-30(41-21)42-26/h1-2,4-8,11,14,16,18-19,21-22,29H,3,9-10,12-13,15,17H2,(H,41,42)/t21-,29-/m0/s1. The molecule has 2 aromatic carbocycles. The maximum atomic E-state index is 14.8. The van der Waals surface area contributed by atoms with Gasteiger partial charge in [0.1, 0.15) is 35.5 Å². The number of nitrogens with one attached hydrogen (secondary N) is 1. The van der Waals surface area contributed by atoms with Gasteiger partial charge in [0.2, 0.25) is 5.91 Å². The van der Waals surface area contributed by atoms with E-state index in [-0.39, 0.29) is 23.7 Å². The number of fused-ring (bicyclic) bond motifs is 6. The van der Waals surface area contributed by atoms with Crippen LogP contribution in [0.15, 0.2) is 73.4 Å². The van der Waals surface area contributed by atoms with E-state index in [1.165, 1.54) is 23.1 Å². The number of benzene rings is 2. The number of carbonyl (C=O) groups excluding carboxylic acids is 1. The summed E-state index contributed by atoms with van der Waals surface area (Å²) in [6, 6.07) is 15.0. The lowest BCUT2D eigenvalue weighted by molar-refractivity contribution is -0.133. The summed E-state index contributed by atoms with van der Waals surface area (Å²) in [5.41, 5.74) is 4.25. The van der Waals surface area contributed by atoms with Gasteiger partial charge in [0.15, 0.2) is 11.5 Å². The van der Waals surface area contributed by atoms with E-state index in [1.54, 1.807) is 6.20 Å². The van der Waals surface area contributed by atoms with Gasteiger partial charge in [0.25, 0.3) is 0 Å². The first-order valence-corrected chi connectivity index (χ1v) is 15.9. The SMILES string of the molecule is O=C1[C@@H]2C[C@@H](CN2c2ncnc3c2cnn3-c2ccc(F)cc2F)Nc2cccc(n2)-c2cccc3ncn(c23)CCCN1C1CC1. The first-order chi connectivity index (χ1) is 23.0. The molecule has 1 amide bonds. The molecule has 11 nitrogen and oxygen atoms in total. The van der Waals surface area contributed by atoms with E-state index in [0.717, 1.165) is 47.6 Å². The molecule has 0 spiro atoms. The van der Waals surface area contributed by atoms with Crippen LogP contribution in [0.25, 0.3) is 39.0 Å². The summed E-state index contributed by atoms with van der Waals surface area (Å²) < 4.78 is 32.0. The van der Waals surface area contributed by atoms with Gasteiger partial charge in [-0.25, -0.2) is 33.4 Å². The van der Waals surface area contributed by atoms with Crippen molar-refractivity contribution >= 4 is 39.6 Å². The molecule has 6 heterocycles. The lowest BCUT2D eigenvalue weighted by Crippen LogP contribution is -2.47. The van der Waals surface area contributed by atoms with Crippen molar-refractivity contribution in [1.29, 1.82) is 0 Å². The molecule has 3 aliphatic rings. The Kier molecular flexibility index (Phi) is 6.40. The number of carbonyl (C=O) groups is 1. The van der Waals surface area contributed by atoms with Gasteiger partial charge in [-0.15, -0.1) is 0 Å². The Morgan fingerprint density at radius 1 is 0.936 bits per heavy atom. The van der Waals surface area contributed by atoms with E-state index in [0.29, 0.717) is 48.7 Å². The van der Waals surface area contributed by atoms with Gasteiger partial charge >= 0.3 is 0 Å². The topological polar surface area (TPSA) is 110 Å². The molecule has 47 heavy (non-hydrogen) atoms. The zero-order valence-electron chi connectivity index (χ0n) is 25.3. The normalized spacial score (nSPS) is 20.0. The van der Waals surface area contributed by atoms with Crippen molar-refractivity contribution in [2.45, 2.75) is 50.4 Å². The number of hydrogen-bond acceptors (Lipinski definition) is 8. The number of aryl methyl sites for hydroxylation is 1. The highest BCUT2D eigenvalue weighted by Crippen LogP contribution is 2.36. The van der Waals surface area contributed by atoms with Crippen LogP contribution in [0.3, 0.4) is 0 Å². The number of imidazole rings is 1. The number of aromatic nitrogens is 7. The molecule has 2 atom stereocenters. The van der Waals surface area contributed by atoms with Crippen LogP contribution >= 0.6 is 0 Å². The van der Waals surface area contributed by atoms with Gasteiger partial charge in [-0.1, -0.05) is 18.2 Å². The van der Waals surface area contributed by atoms with Crippen molar-refractivity contribution in [3.05, 3.63) is 85.1 Å². The van der Waals surface area contributed by atoms with Crippen molar-refractivity contribution in [3.8, 4) is 16.9 Å². The zero-order chi connectivity index (χ0) is 31.6. The van der Waals surface area contributed by atoms with Crippen LogP contribution in [0.4, 0.5) is 20.4 Å². The van der Waals surface area contributed by atoms with E-state index < -0.39 is 17.7 Å². The monoisotopic (exact) mass is 632 g/mol. The fourth-order valence-electron chi connectivity index (χ4n) is 7.14. The van der Waals surface area contributed by atoms with Crippen LogP contribution in [-0.2, 0) is 11.3 Å². The molecule has 9 rings (SSSR count). The lowest BCUT2D eigenvalue weighted by Gasteiger charge is -2.31. The van der Waals surface area contributed by atoms with Crippen LogP contribution < -0.4 is 10.2 Å². The van der Waals surface area contributed by atoms with Gasteiger partial charge in [0, 0.05) is 43.3 Å². The maximum absolute atomic E-state index is 14.8. The molecule has 2 aliphatic heterocycles. The number of pyridine rings is 1. The molecule has 0 unspecified atom stereocenters. The molecule has 1 saturated carbocycles. The van der Waals surface area contributed by atoms with Crippen molar-refractivity contribution in [3.63, 3.8) is 0 Å². The fourth-order valence-corrected chi connectivity index (χ4v) is 7.14. The number of amides is 1. The predicted octanol–water partition coefficient (Wildman–Crippen LogP) is 4.96. The Balaban J connectivity index is 1.13. The number of hydrogen-bond donors (Lipinski definition) is 1. The van der Waals surface area contributed by atoms with Crippen LogP contribution in [0.2, 0.25) is 0 Å². The van der Waals surface area contributed by atoms with E-state index in [1.807, 2.05) is 46.5 Å². The minimum atomic E-state index is -0.754. The van der Waals surface area contributed by atoms with E-state index in [9.17, 15) is 13.6 Å². The van der Waals surface area contributed by atoms with Crippen molar-refractivity contribution < 1.29 is 13.6 Å². The molecule has 1 N–H and O–H groups in total. The van der Waals surface area contributed by atoms with Crippen molar-refractivity contribution in [1.82, 2.24) is 39.2 Å². The van der Waals surface area contributed by atoms with Crippen LogP contribution in [0.1, 0.15) is 25.7 Å². The Bertz CT molecular complexity index is 2180. The lowest BCUT2D eigenvalue weighted by atomic mass is 10.1. The molecule has 1 saturated heterocycles. The highest BCUT2D eigenvalue weighted by Gasteiger charge is 2.44. The molecule has 236 valence electrons. The highest BCUT2D eigenvalue weighted by molar-refractivity contribution is 5.93. The summed E-state index contributed by atoms with van der Waals surface area (Å²) in [7, 11) is 0. The van der Waals surface area contributed by atoms with Crippen LogP contribution in [0.5, 0.6) is 0 Å². The van der Waals surface area contributed by atoms with E-state index in [4.69, 9.17) is 4.98 Å². The molecular formula is C34H30F2N10O. The summed E-state index contributed by atoms with van der Waals surface area (Å²) in [4.78, 5) is 37.3. The minimum Gasteiger partial charge on any atom is -0.365 e. The average molecular weight is 633 g/mol. The summed E-state index contributed by atoms with van der Waals surface area (Å²) in [6.07, 6.45) is 8.15. The van der Waals surface area contributed by atoms with E-state index >= 15 is 0 Å². The molecule has 0 radical (unpaired) electrons. The second-order valence-corrected chi connectivity index (χ2v) is 12.5. The molecule has 4 aromatic heterocycles. The summed E-state index contributed by atoms with van der Waals surface area (Å²) >= 11 is 0. The number of halogens is 2. The number of rotatable bonds is 3. The average Bonchev–Trinajstić information content (AvgIpc) is 3.48. The fraction of sp³-hybridized carbons (Fsp3) is 0.294. The first kappa shape index (κ1) is 27.8. The number of para-hydroxylation sites is 1. The first-order valence-electron chi connectivity index (χ1n) is 15.9. The Morgan fingerprint density at radius 3 is 2.70 bits per heavy atom. The molecule has 13 heteroatoms. The summed E-state index contributed by atoms with van der Waals surface area (Å²) in [5.74, 6) is -0.114. The van der Waals surface area contributed by atoms with Gasteiger partial charge in [-0.3, -0.25) is 4.79 Å². The third kappa shape index (κ3) is 4.75. The molecule has 1 aliphatic carbocycles. The molecule has 4 bridgehead atoms. The smallest absolute Gasteiger partial charge is 0.245 e. The van der Waals surface area contributed by atoms with Crippen LogP contribution in [0, 0.1) is 11.6 Å². The minimum absolute atomic E-state index is 0.0632. The van der Waals surface area contributed by atoms with Crippen molar-refractivity contribution in [2.75, 3.05) is 23.3 Å². The summed E-state index contributed by atoms with van der Waals surface area (Å²) in [5, 5.41) is 8.59. The Hall–Kier alpha value is -5.46. The maximum Gasteiger partial charge on any atom is 0.245 e. The number of anilines is 2. The Morgan fingerprint density at radius 2 is 1.83 bits per heavy atom. The van der Waals surface area contributed by atoms with Crippen molar-refractivity contribution in [2.24, 2.45) is 0 Å². The third-order valence-corrected chi connectivity index (χ3v) is 9.42. The molecule has 6 aromatic rings. The van der Waals surface area contributed by atoms with Gasteiger partial charge < -0.3 is 19.7 Å². The zero-order valence-corrected chi connectivity index (χ0v) is 25.3. The number of nitrogens with zero attached hydrogens (tertiary/aromatic N) is 9. The van der Waals surface area contributed by atoms with Gasteiger partial charge in [0.05, 0.1) is 34.6 Å².